The number of nitrogens with one attached hydrogen (secondary N) is 1. The number of hydrogen-bond acceptors (Lipinski definition) is 3. The number of aromatic amines is 1. The molecule has 0 amide bonds. The number of rotatable bonds is 4. The van der Waals surface area contributed by atoms with Crippen molar-refractivity contribution in [2.45, 2.75) is 13.5 Å². The highest BCUT2D eigenvalue weighted by Crippen LogP contribution is 2.27. The molecule has 4 heteroatoms. The first-order valence-corrected chi connectivity index (χ1v) is 5.31. The van der Waals surface area contributed by atoms with Crippen molar-refractivity contribution >= 4 is 0 Å². The molecular formula is C12H15N3O. The predicted molar refractivity (Wildman–Crippen MR) is 63.1 cm³/mol. The standard InChI is InChI=1S/C12H15N3O/c1-2-16-11-6-4-3-5-10(11)12-14-8-9(7-13)15-12/h3-6,8H,2,7,13H2,1H3,(H,14,15). The van der Waals surface area contributed by atoms with E-state index in [0.717, 1.165) is 22.8 Å². The highest BCUT2D eigenvalue weighted by atomic mass is 16.5. The smallest absolute Gasteiger partial charge is 0.141 e. The van der Waals surface area contributed by atoms with E-state index in [2.05, 4.69) is 9.97 Å². The number of ether oxygens (including phenoxy) is 1. The summed E-state index contributed by atoms with van der Waals surface area (Å²) in [7, 11) is 0. The molecule has 4 nitrogen and oxygen atoms in total. The molecule has 0 radical (unpaired) electrons. The van der Waals surface area contributed by atoms with E-state index in [4.69, 9.17) is 10.5 Å². The quantitative estimate of drug-likeness (QED) is 0.822. The molecule has 1 aromatic carbocycles. The molecule has 1 heterocycles. The van der Waals surface area contributed by atoms with E-state index in [1.165, 1.54) is 0 Å². The third kappa shape index (κ3) is 2.06. The van der Waals surface area contributed by atoms with E-state index < -0.39 is 0 Å². The van der Waals surface area contributed by atoms with Crippen LogP contribution < -0.4 is 10.5 Å². The molecule has 0 aliphatic heterocycles. The van der Waals surface area contributed by atoms with Crippen LogP contribution in [0.2, 0.25) is 0 Å². The first kappa shape index (κ1) is 10.7. The van der Waals surface area contributed by atoms with Crippen LogP contribution in [0.4, 0.5) is 0 Å². The van der Waals surface area contributed by atoms with Crippen molar-refractivity contribution in [3.63, 3.8) is 0 Å². The summed E-state index contributed by atoms with van der Waals surface area (Å²) in [5.74, 6) is 1.63. The average Bonchev–Trinajstić information content (AvgIpc) is 2.79. The summed E-state index contributed by atoms with van der Waals surface area (Å²) in [5, 5.41) is 0. The van der Waals surface area contributed by atoms with Crippen LogP contribution in [-0.4, -0.2) is 16.6 Å². The van der Waals surface area contributed by atoms with E-state index in [9.17, 15) is 0 Å². The van der Waals surface area contributed by atoms with Gasteiger partial charge in [-0.3, -0.25) is 0 Å². The Bertz CT molecular complexity index is 465. The number of para-hydroxylation sites is 1. The van der Waals surface area contributed by atoms with Crippen LogP contribution >= 0.6 is 0 Å². The van der Waals surface area contributed by atoms with E-state index >= 15 is 0 Å². The maximum atomic E-state index is 5.54. The second-order valence-corrected chi connectivity index (χ2v) is 3.39. The Morgan fingerprint density at radius 2 is 2.19 bits per heavy atom. The Morgan fingerprint density at radius 1 is 1.38 bits per heavy atom. The van der Waals surface area contributed by atoms with Crippen LogP contribution in [0.15, 0.2) is 30.5 Å². The number of hydrogen-bond donors (Lipinski definition) is 2. The molecule has 1 aromatic heterocycles. The molecule has 0 fully saturated rings. The summed E-state index contributed by atoms with van der Waals surface area (Å²) in [6.07, 6.45) is 1.75. The Balaban J connectivity index is 2.38. The normalized spacial score (nSPS) is 10.4. The van der Waals surface area contributed by atoms with Crippen LogP contribution in [-0.2, 0) is 6.54 Å². The largest absolute Gasteiger partial charge is 0.493 e. The Kier molecular flexibility index (Phi) is 3.22. The van der Waals surface area contributed by atoms with Crippen molar-refractivity contribution in [2.75, 3.05) is 6.61 Å². The lowest BCUT2D eigenvalue weighted by Crippen LogP contribution is -1.96. The molecule has 0 unspecified atom stereocenters. The number of nitrogens with zero attached hydrogens (tertiary/aromatic N) is 1. The Labute approximate surface area is 94.5 Å². The molecule has 2 rings (SSSR count). The van der Waals surface area contributed by atoms with Crippen molar-refractivity contribution in [3.8, 4) is 17.1 Å². The average molecular weight is 217 g/mol. The number of nitrogens with two attached hydrogens (primary N) is 1. The molecular weight excluding hydrogens is 202 g/mol. The lowest BCUT2D eigenvalue weighted by atomic mass is 10.2. The molecule has 0 spiro atoms. The summed E-state index contributed by atoms with van der Waals surface area (Å²) < 4.78 is 5.54. The second-order valence-electron chi connectivity index (χ2n) is 3.39. The van der Waals surface area contributed by atoms with Gasteiger partial charge in [0, 0.05) is 18.4 Å². The van der Waals surface area contributed by atoms with Gasteiger partial charge in [-0.25, -0.2) is 4.98 Å². The number of aromatic nitrogens is 2. The van der Waals surface area contributed by atoms with Gasteiger partial charge in [-0.1, -0.05) is 12.1 Å². The van der Waals surface area contributed by atoms with Crippen LogP contribution in [0.5, 0.6) is 5.75 Å². The highest BCUT2D eigenvalue weighted by Gasteiger charge is 2.08. The fourth-order valence-electron chi connectivity index (χ4n) is 1.54. The Hall–Kier alpha value is -1.81. The molecule has 2 aromatic rings. The van der Waals surface area contributed by atoms with Gasteiger partial charge >= 0.3 is 0 Å². The molecule has 0 aliphatic rings. The molecule has 16 heavy (non-hydrogen) atoms. The van der Waals surface area contributed by atoms with Gasteiger partial charge in [0.25, 0.3) is 0 Å². The fourth-order valence-corrected chi connectivity index (χ4v) is 1.54. The highest BCUT2D eigenvalue weighted by molar-refractivity contribution is 5.64. The second kappa shape index (κ2) is 4.81. The third-order valence-corrected chi connectivity index (χ3v) is 2.29. The maximum Gasteiger partial charge on any atom is 0.141 e. The zero-order valence-electron chi connectivity index (χ0n) is 9.23. The van der Waals surface area contributed by atoms with Crippen molar-refractivity contribution in [1.82, 2.24) is 9.97 Å². The van der Waals surface area contributed by atoms with Gasteiger partial charge in [-0.15, -0.1) is 0 Å². The summed E-state index contributed by atoms with van der Waals surface area (Å²) in [4.78, 5) is 7.45. The van der Waals surface area contributed by atoms with Gasteiger partial charge in [-0.05, 0) is 19.1 Å². The molecule has 0 saturated heterocycles. The van der Waals surface area contributed by atoms with Crippen LogP contribution in [0.3, 0.4) is 0 Å². The molecule has 0 aliphatic carbocycles. The predicted octanol–water partition coefficient (Wildman–Crippen LogP) is 1.93. The molecule has 0 saturated carbocycles. The van der Waals surface area contributed by atoms with Gasteiger partial charge in [-0.2, -0.15) is 0 Å². The summed E-state index contributed by atoms with van der Waals surface area (Å²) in [6, 6.07) is 7.82. The lowest BCUT2D eigenvalue weighted by molar-refractivity contribution is 0.341. The topological polar surface area (TPSA) is 63.9 Å². The number of H-pyrrole nitrogens is 1. The van der Waals surface area contributed by atoms with E-state index in [1.807, 2.05) is 31.2 Å². The van der Waals surface area contributed by atoms with Crippen LogP contribution in [0.25, 0.3) is 11.4 Å². The minimum absolute atomic E-state index is 0.462. The summed E-state index contributed by atoms with van der Waals surface area (Å²) in [6.45, 7) is 3.06. The fraction of sp³-hybridized carbons (Fsp3) is 0.250. The minimum atomic E-state index is 0.462. The monoisotopic (exact) mass is 217 g/mol. The molecule has 0 bridgehead atoms. The lowest BCUT2D eigenvalue weighted by Gasteiger charge is -2.07. The van der Waals surface area contributed by atoms with Gasteiger partial charge in [0.05, 0.1) is 12.2 Å². The zero-order chi connectivity index (χ0) is 11.4. The number of benzene rings is 1. The van der Waals surface area contributed by atoms with Gasteiger partial charge in [0.15, 0.2) is 0 Å². The van der Waals surface area contributed by atoms with E-state index in [1.54, 1.807) is 6.20 Å². The first-order chi connectivity index (χ1) is 7.85. The van der Waals surface area contributed by atoms with Gasteiger partial charge < -0.3 is 15.5 Å². The SMILES string of the molecule is CCOc1ccccc1-c1ncc(CN)[nH]1. The van der Waals surface area contributed by atoms with Crippen LogP contribution in [0, 0.1) is 0 Å². The molecule has 84 valence electrons. The summed E-state index contributed by atoms with van der Waals surface area (Å²) >= 11 is 0. The zero-order valence-corrected chi connectivity index (χ0v) is 9.23. The maximum absolute atomic E-state index is 5.54. The van der Waals surface area contributed by atoms with Crippen molar-refractivity contribution < 1.29 is 4.74 Å². The van der Waals surface area contributed by atoms with E-state index in [-0.39, 0.29) is 0 Å². The third-order valence-electron chi connectivity index (χ3n) is 2.29. The summed E-state index contributed by atoms with van der Waals surface area (Å²) in [5.41, 5.74) is 7.42. The molecule has 3 N–H and O–H groups in total. The number of imidazole rings is 1. The first-order valence-electron chi connectivity index (χ1n) is 5.31. The van der Waals surface area contributed by atoms with Crippen LogP contribution in [0.1, 0.15) is 12.6 Å². The van der Waals surface area contributed by atoms with Crippen molar-refractivity contribution in [2.24, 2.45) is 5.73 Å². The van der Waals surface area contributed by atoms with E-state index in [0.29, 0.717) is 13.2 Å². The van der Waals surface area contributed by atoms with Gasteiger partial charge in [0.2, 0.25) is 0 Å². The molecule has 0 atom stereocenters. The van der Waals surface area contributed by atoms with Gasteiger partial charge in [0.1, 0.15) is 11.6 Å². The van der Waals surface area contributed by atoms with Crippen molar-refractivity contribution in [3.05, 3.63) is 36.2 Å². The van der Waals surface area contributed by atoms with Crippen molar-refractivity contribution in [1.29, 1.82) is 0 Å². The minimum Gasteiger partial charge on any atom is -0.493 e. The Morgan fingerprint density at radius 3 is 2.88 bits per heavy atom.